The largest absolute Gasteiger partial charge is 0.494 e. The SMILES string of the molecule is CCc1sc(NC(=O)CCCOc2ccccc2)nc1-c1ccccc1. The maximum atomic E-state index is 12.2. The maximum Gasteiger partial charge on any atom is 0.226 e. The minimum atomic E-state index is -0.0299. The van der Waals surface area contributed by atoms with Crippen LogP contribution in [0, 0.1) is 0 Å². The lowest BCUT2D eigenvalue weighted by Crippen LogP contribution is -2.12. The van der Waals surface area contributed by atoms with Crippen LogP contribution in [0.5, 0.6) is 5.75 Å². The second kappa shape index (κ2) is 9.15. The van der Waals surface area contributed by atoms with E-state index in [1.165, 1.54) is 4.88 Å². The first-order chi connectivity index (χ1) is 12.8. The number of hydrogen-bond donors (Lipinski definition) is 1. The molecule has 0 aliphatic rings. The normalized spacial score (nSPS) is 10.5. The minimum Gasteiger partial charge on any atom is -0.494 e. The Morgan fingerprint density at radius 3 is 2.46 bits per heavy atom. The highest BCUT2D eigenvalue weighted by molar-refractivity contribution is 7.16. The summed E-state index contributed by atoms with van der Waals surface area (Å²) in [7, 11) is 0. The van der Waals surface area contributed by atoms with Gasteiger partial charge in [-0.1, -0.05) is 55.5 Å². The van der Waals surface area contributed by atoms with Gasteiger partial charge in [0.25, 0.3) is 0 Å². The van der Waals surface area contributed by atoms with Crippen LogP contribution in [-0.4, -0.2) is 17.5 Å². The number of benzene rings is 2. The molecule has 2 aromatic carbocycles. The first kappa shape index (κ1) is 18.1. The third-order valence-electron chi connectivity index (χ3n) is 3.87. The van der Waals surface area contributed by atoms with Crippen LogP contribution in [0.3, 0.4) is 0 Å². The molecule has 4 nitrogen and oxygen atoms in total. The number of ether oxygens (including phenoxy) is 1. The molecule has 0 aliphatic carbocycles. The van der Waals surface area contributed by atoms with Gasteiger partial charge in [0.2, 0.25) is 5.91 Å². The summed E-state index contributed by atoms with van der Waals surface area (Å²) in [5, 5.41) is 3.58. The van der Waals surface area contributed by atoms with Crippen molar-refractivity contribution in [3.05, 3.63) is 65.5 Å². The zero-order chi connectivity index (χ0) is 18.2. The molecular formula is C21H22N2O2S. The van der Waals surface area contributed by atoms with Crippen LogP contribution < -0.4 is 10.1 Å². The molecule has 0 fully saturated rings. The predicted molar refractivity (Wildman–Crippen MR) is 107 cm³/mol. The van der Waals surface area contributed by atoms with E-state index < -0.39 is 0 Å². The Morgan fingerprint density at radius 2 is 1.77 bits per heavy atom. The van der Waals surface area contributed by atoms with E-state index in [9.17, 15) is 4.79 Å². The van der Waals surface area contributed by atoms with E-state index in [0.717, 1.165) is 23.4 Å². The number of hydrogen-bond acceptors (Lipinski definition) is 4. The fourth-order valence-corrected chi connectivity index (χ4v) is 3.53. The average molecular weight is 366 g/mol. The molecule has 0 radical (unpaired) electrons. The first-order valence-electron chi connectivity index (χ1n) is 8.79. The molecule has 1 amide bonds. The molecule has 0 saturated carbocycles. The van der Waals surface area contributed by atoms with Crippen molar-refractivity contribution < 1.29 is 9.53 Å². The molecule has 0 bridgehead atoms. The molecule has 0 unspecified atom stereocenters. The highest BCUT2D eigenvalue weighted by Crippen LogP contribution is 2.31. The fraction of sp³-hybridized carbons (Fsp3) is 0.238. The van der Waals surface area contributed by atoms with Crippen LogP contribution in [-0.2, 0) is 11.2 Å². The summed E-state index contributed by atoms with van der Waals surface area (Å²) in [6.07, 6.45) is 1.97. The molecular weight excluding hydrogens is 344 g/mol. The third-order valence-corrected chi connectivity index (χ3v) is 4.99. The van der Waals surface area contributed by atoms with E-state index in [4.69, 9.17) is 4.74 Å². The molecule has 0 aliphatic heterocycles. The van der Waals surface area contributed by atoms with Gasteiger partial charge in [0, 0.05) is 16.9 Å². The van der Waals surface area contributed by atoms with Crippen molar-refractivity contribution in [2.24, 2.45) is 0 Å². The van der Waals surface area contributed by atoms with E-state index in [1.54, 1.807) is 11.3 Å². The van der Waals surface area contributed by atoms with Crippen molar-refractivity contribution in [2.75, 3.05) is 11.9 Å². The van der Waals surface area contributed by atoms with Crippen molar-refractivity contribution in [2.45, 2.75) is 26.2 Å². The van der Waals surface area contributed by atoms with Gasteiger partial charge >= 0.3 is 0 Å². The number of nitrogens with zero attached hydrogens (tertiary/aromatic N) is 1. The summed E-state index contributed by atoms with van der Waals surface area (Å²) in [6, 6.07) is 19.7. The van der Waals surface area contributed by atoms with Gasteiger partial charge in [-0.05, 0) is 25.0 Å². The van der Waals surface area contributed by atoms with E-state index in [-0.39, 0.29) is 5.91 Å². The summed E-state index contributed by atoms with van der Waals surface area (Å²) >= 11 is 1.54. The number of para-hydroxylation sites is 1. The molecule has 26 heavy (non-hydrogen) atoms. The first-order valence-corrected chi connectivity index (χ1v) is 9.60. The topological polar surface area (TPSA) is 51.2 Å². The molecule has 3 aromatic rings. The number of amides is 1. The fourth-order valence-electron chi connectivity index (χ4n) is 2.59. The zero-order valence-electron chi connectivity index (χ0n) is 14.8. The van der Waals surface area contributed by atoms with Gasteiger partial charge in [-0.2, -0.15) is 0 Å². The van der Waals surface area contributed by atoms with Crippen molar-refractivity contribution >= 4 is 22.4 Å². The van der Waals surface area contributed by atoms with Crippen molar-refractivity contribution in [1.82, 2.24) is 4.98 Å². The summed E-state index contributed by atoms with van der Waals surface area (Å²) in [5.74, 6) is 0.797. The summed E-state index contributed by atoms with van der Waals surface area (Å²) in [6.45, 7) is 2.62. The van der Waals surface area contributed by atoms with Crippen LogP contribution in [0.1, 0.15) is 24.6 Å². The Bertz CT molecular complexity index is 832. The summed E-state index contributed by atoms with van der Waals surface area (Å²) < 4.78 is 5.61. The lowest BCUT2D eigenvalue weighted by molar-refractivity contribution is -0.116. The Morgan fingerprint density at radius 1 is 1.08 bits per heavy atom. The summed E-state index contributed by atoms with van der Waals surface area (Å²) in [4.78, 5) is 18.0. The van der Waals surface area contributed by atoms with Gasteiger partial charge < -0.3 is 10.1 Å². The van der Waals surface area contributed by atoms with Crippen LogP contribution in [0.15, 0.2) is 60.7 Å². The second-order valence-corrected chi connectivity index (χ2v) is 6.91. The monoisotopic (exact) mass is 366 g/mol. The van der Waals surface area contributed by atoms with Crippen molar-refractivity contribution in [3.63, 3.8) is 0 Å². The minimum absolute atomic E-state index is 0.0299. The number of nitrogens with one attached hydrogen (secondary N) is 1. The van der Waals surface area contributed by atoms with E-state index >= 15 is 0 Å². The molecule has 0 atom stereocenters. The molecule has 0 saturated heterocycles. The number of anilines is 1. The number of carbonyl (C=O) groups excluding carboxylic acids is 1. The van der Waals surface area contributed by atoms with Crippen LogP contribution >= 0.6 is 11.3 Å². The molecule has 1 N–H and O–H groups in total. The third kappa shape index (κ3) is 4.92. The maximum absolute atomic E-state index is 12.2. The van der Waals surface area contributed by atoms with E-state index in [1.807, 2.05) is 60.7 Å². The molecule has 1 aromatic heterocycles. The lowest BCUT2D eigenvalue weighted by atomic mass is 10.1. The van der Waals surface area contributed by atoms with Gasteiger partial charge in [0.1, 0.15) is 5.75 Å². The van der Waals surface area contributed by atoms with Gasteiger partial charge in [-0.3, -0.25) is 4.79 Å². The van der Waals surface area contributed by atoms with E-state index in [2.05, 4.69) is 17.2 Å². The highest BCUT2D eigenvalue weighted by atomic mass is 32.1. The average Bonchev–Trinajstić information content (AvgIpc) is 3.09. The quantitative estimate of drug-likeness (QED) is 0.560. The smallest absolute Gasteiger partial charge is 0.226 e. The van der Waals surface area contributed by atoms with Gasteiger partial charge in [-0.25, -0.2) is 4.98 Å². The lowest BCUT2D eigenvalue weighted by Gasteiger charge is -2.05. The molecule has 134 valence electrons. The molecule has 0 spiro atoms. The van der Waals surface area contributed by atoms with Crippen LogP contribution in [0.2, 0.25) is 0 Å². The summed E-state index contributed by atoms with van der Waals surface area (Å²) in [5.41, 5.74) is 2.04. The standard InChI is InChI=1S/C21H22N2O2S/c1-2-18-20(16-10-5-3-6-11-16)23-21(26-18)22-19(24)14-9-15-25-17-12-7-4-8-13-17/h3-8,10-13H,2,9,14-15H2,1H3,(H,22,23,24). The molecule has 1 heterocycles. The number of rotatable bonds is 8. The zero-order valence-corrected chi connectivity index (χ0v) is 15.6. The van der Waals surface area contributed by atoms with Gasteiger partial charge in [0.15, 0.2) is 5.13 Å². The number of aryl methyl sites for hydroxylation is 1. The van der Waals surface area contributed by atoms with Crippen LogP contribution in [0.4, 0.5) is 5.13 Å². The number of thiazole rings is 1. The highest BCUT2D eigenvalue weighted by Gasteiger charge is 2.13. The van der Waals surface area contributed by atoms with Crippen LogP contribution in [0.25, 0.3) is 11.3 Å². The number of aromatic nitrogens is 1. The van der Waals surface area contributed by atoms with Crippen molar-refractivity contribution in [1.29, 1.82) is 0 Å². The van der Waals surface area contributed by atoms with Gasteiger partial charge in [-0.15, -0.1) is 11.3 Å². The molecule has 3 rings (SSSR count). The predicted octanol–water partition coefficient (Wildman–Crippen LogP) is 5.17. The Hall–Kier alpha value is -2.66. The molecule has 5 heteroatoms. The van der Waals surface area contributed by atoms with Gasteiger partial charge in [0.05, 0.1) is 12.3 Å². The van der Waals surface area contributed by atoms with E-state index in [0.29, 0.717) is 24.6 Å². The Kier molecular flexibility index (Phi) is 6.39. The second-order valence-electron chi connectivity index (χ2n) is 5.82. The number of carbonyl (C=O) groups is 1. The van der Waals surface area contributed by atoms with Crippen molar-refractivity contribution in [3.8, 4) is 17.0 Å². The Labute approximate surface area is 157 Å². The Balaban J connectivity index is 1.52.